The Kier molecular flexibility index (Phi) is 1.87. The summed E-state index contributed by atoms with van der Waals surface area (Å²) >= 11 is 11.6. The van der Waals surface area contributed by atoms with Crippen LogP contribution in [0.3, 0.4) is 0 Å². The van der Waals surface area contributed by atoms with Crippen molar-refractivity contribution in [2.75, 3.05) is 0 Å². The molecular weight excluding hydrogens is 209 g/mol. The lowest BCUT2D eigenvalue weighted by molar-refractivity contribution is 1.32. The van der Waals surface area contributed by atoms with Gasteiger partial charge in [0.25, 0.3) is 0 Å². The molecule has 0 unspecified atom stereocenters. The molecule has 13 heavy (non-hydrogen) atoms. The van der Waals surface area contributed by atoms with Gasteiger partial charge in [-0.3, -0.25) is 0 Å². The van der Waals surface area contributed by atoms with Crippen LogP contribution in [0.25, 0.3) is 11.0 Å². The molecule has 0 saturated carbocycles. The van der Waals surface area contributed by atoms with Gasteiger partial charge in [0.2, 0.25) is 0 Å². The molecule has 0 aromatic carbocycles. The van der Waals surface area contributed by atoms with Crippen LogP contribution in [-0.2, 0) is 0 Å². The number of halogens is 2. The van der Waals surface area contributed by atoms with Gasteiger partial charge in [-0.2, -0.15) is 5.26 Å². The Hall–Kier alpha value is -1.24. The van der Waals surface area contributed by atoms with Crippen molar-refractivity contribution in [3.05, 3.63) is 28.0 Å². The summed E-state index contributed by atoms with van der Waals surface area (Å²) in [6, 6.07) is 3.53. The van der Waals surface area contributed by atoms with E-state index in [1.165, 1.54) is 6.07 Å². The molecule has 0 spiro atoms. The highest BCUT2D eigenvalue weighted by atomic mass is 35.5. The van der Waals surface area contributed by atoms with Crippen molar-refractivity contribution in [3.8, 4) is 6.07 Å². The molecular formula is C8H3Cl2N3. The highest BCUT2D eigenvalue weighted by Gasteiger charge is 2.09. The van der Waals surface area contributed by atoms with Crippen LogP contribution in [0.2, 0.25) is 10.2 Å². The SMILES string of the molecule is N#Cc1c[nH]c2nc(Cl)cc(Cl)c12. The number of H-pyrrole nitrogens is 1. The van der Waals surface area contributed by atoms with E-state index in [4.69, 9.17) is 28.5 Å². The van der Waals surface area contributed by atoms with E-state index in [2.05, 4.69) is 9.97 Å². The number of rotatable bonds is 0. The molecule has 2 aromatic heterocycles. The first-order valence-corrected chi connectivity index (χ1v) is 4.21. The van der Waals surface area contributed by atoms with Crippen LogP contribution < -0.4 is 0 Å². The first kappa shape index (κ1) is 8.36. The van der Waals surface area contributed by atoms with Crippen molar-refractivity contribution in [2.24, 2.45) is 0 Å². The van der Waals surface area contributed by atoms with E-state index < -0.39 is 0 Å². The zero-order valence-corrected chi connectivity index (χ0v) is 7.82. The number of nitrogens with one attached hydrogen (secondary N) is 1. The molecule has 0 bridgehead atoms. The van der Waals surface area contributed by atoms with E-state index in [9.17, 15) is 0 Å². The fraction of sp³-hybridized carbons (Fsp3) is 0. The third-order valence-electron chi connectivity index (χ3n) is 1.68. The summed E-state index contributed by atoms with van der Waals surface area (Å²) in [5.41, 5.74) is 1.01. The second-order valence-electron chi connectivity index (χ2n) is 2.46. The average molecular weight is 212 g/mol. The van der Waals surface area contributed by atoms with Crippen LogP contribution in [0.5, 0.6) is 0 Å². The number of fused-ring (bicyclic) bond motifs is 1. The normalized spacial score (nSPS) is 10.2. The zero-order valence-electron chi connectivity index (χ0n) is 6.31. The standard InChI is InChI=1S/C8H3Cl2N3/c9-5-1-6(10)13-8-7(5)4(2-11)3-12-8/h1,3H,(H,12,13). The predicted molar refractivity (Wildman–Crippen MR) is 50.8 cm³/mol. The molecule has 2 heterocycles. The van der Waals surface area contributed by atoms with Gasteiger partial charge >= 0.3 is 0 Å². The van der Waals surface area contributed by atoms with Gasteiger partial charge in [-0.25, -0.2) is 4.98 Å². The van der Waals surface area contributed by atoms with Gasteiger partial charge in [0.1, 0.15) is 16.9 Å². The fourth-order valence-electron chi connectivity index (χ4n) is 1.15. The lowest BCUT2D eigenvalue weighted by Gasteiger charge is -1.94. The highest BCUT2D eigenvalue weighted by molar-refractivity contribution is 6.38. The van der Waals surface area contributed by atoms with Gasteiger partial charge in [0.05, 0.1) is 16.0 Å². The van der Waals surface area contributed by atoms with E-state index in [0.717, 1.165) is 0 Å². The van der Waals surface area contributed by atoms with E-state index in [1.807, 2.05) is 6.07 Å². The third kappa shape index (κ3) is 1.24. The Labute approximate surface area is 83.9 Å². The first-order chi connectivity index (χ1) is 6.22. The quantitative estimate of drug-likeness (QED) is 0.682. The molecule has 0 aliphatic rings. The van der Waals surface area contributed by atoms with Crippen LogP contribution in [0.15, 0.2) is 12.3 Å². The Morgan fingerprint density at radius 2 is 2.23 bits per heavy atom. The maximum atomic E-state index is 8.73. The molecule has 0 fully saturated rings. The number of pyridine rings is 1. The molecule has 0 radical (unpaired) electrons. The summed E-state index contributed by atoms with van der Waals surface area (Å²) in [5, 5.41) is 10.1. The minimum absolute atomic E-state index is 0.309. The Morgan fingerprint density at radius 3 is 2.92 bits per heavy atom. The Morgan fingerprint density at radius 1 is 1.46 bits per heavy atom. The lowest BCUT2D eigenvalue weighted by atomic mass is 10.2. The minimum Gasteiger partial charge on any atom is -0.345 e. The van der Waals surface area contributed by atoms with Crippen LogP contribution in [0, 0.1) is 11.3 Å². The van der Waals surface area contributed by atoms with Gasteiger partial charge in [-0.1, -0.05) is 23.2 Å². The monoisotopic (exact) mass is 211 g/mol. The van der Waals surface area contributed by atoms with E-state index >= 15 is 0 Å². The van der Waals surface area contributed by atoms with Gasteiger partial charge in [-0.05, 0) is 6.07 Å². The molecule has 0 amide bonds. The van der Waals surface area contributed by atoms with E-state index in [0.29, 0.717) is 26.8 Å². The van der Waals surface area contributed by atoms with E-state index in [-0.39, 0.29) is 0 Å². The van der Waals surface area contributed by atoms with Crippen molar-refractivity contribution < 1.29 is 0 Å². The van der Waals surface area contributed by atoms with Crippen molar-refractivity contribution >= 4 is 34.2 Å². The van der Waals surface area contributed by atoms with Crippen LogP contribution >= 0.6 is 23.2 Å². The van der Waals surface area contributed by atoms with Crippen molar-refractivity contribution in [2.45, 2.75) is 0 Å². The number of hydrogen-bond acceptors (Lipinski definition) is 2. The summed E-state index contributed by atoms with van der Waals surface area (Å²) in [6.45, 7) is 0. The molecule has 2 aromatic rings. The van der Waals surface area contributed by atoms with Gasteiger partial charge in [0.15, 0.2) is 0 Å². The number of aromatic nitrogens is 2. The molecule has 1 N–H and O–H groups in total. The third-order valence-corrected chi connectivity index (χ3v) is 2.17. The van der Waals surface area contributed by atoms with Crippen molar-refractivity contribution in [3.63, 3.8) is 0 Å². The number of nitrogens with zero attached hydrogens (tertiary/aromatic N) is 2. The summed E-state index contributed by atoms with van der Waals surface area (Å²) < 4.78 is 0. The summed E-state index contributed by atoms with van der Waals surface area (Å²) in [6.07, 6.45) is 1.56. The number of aromatic amines is 1. The zero-order chi connectivity index (χ0) is 9.42. The minimum atomic E-state index is 0.309. The van der Waals surface area contributed by atoms with Crippen molar-refractivity contribution in [1.82, 2.24) is 9.97 Å². The maximum Gasteiger partial charge on any atom is 0.141 e. The van der Waals surface area contributed by atoms with Gasteiger partial charge in [-0.15, -0.1) is 0 Å². The lowest BCUT2D eigenvalue weighted by Crippen LogP contribution is -1.79. The summed E-state index contributed by atoms with van der Waals surface area (Å²) in [5.74, 6) is 0. The summed E-state index contributed by atoms with van der Waals surface area (Å²) in [4.78, 5) is 6.80. The largest absolute Gasteiger partial charge is 0.345 e. The van der Waals surface area contributed by atoms with Gasteiger partial charge < -0.3 is 4.98 Å². The van der Waals surface area contributed by atoms with E-state index in [1.54, 1.807) is 6.20 Å². The molecule has 3 nitrogen and oxygen atoms in total. The molecule has 0 atom stereocenters. The Bertz CT molecular complexity index is 510. The van der Waals surface area contributed by atoms with Crippen LogP contribution in [0.1, 0.15) is 5.56 Å². The molecule has 0 aliphatic heterocycles. The molecule has 0 saturated heterocycles. The highest BCUT2D eigenvalue weighted by Crippen LogP contribution is 2.27. The average Bonchev–Trinajstić information content (AvgIpc) is 2.47. The Balaban J connectivity index is 2.92. The van der Waals surface area contributed by atoms with Crippen molar-refractivity contribution in [1.29, 1.82) is 5.26 Å². The van der Waals surface area contributed by atoms with Gasteiger partial charge in [0, 0.05) is 6.20 Å². The molecule has 2 rings (SSSR count). The topological polar surface area (TPSA) is 52.5 Å². The number of hydrogen-bond donors (Lipinski definition) is 1. The van der Waals surface area contributed by atoms with Crippen LogP contribution in [0.4, 0.5) is 0 Å². The smallest absolute Gasteiger partial charge is 0.141 e. The second kappa shape index (κ2) is 2.91. The maximum absolute atomic E-state index is 8.73. The molecule has 0 aliphatic carbocycles. The fourth-order valence-corrected chi connectivity index (χ4v) is 1.69. The predicted octanol–water partition coefficient (Wildman–Crippen LogP) is 2.74. The number of nitriles is 1. The molecule has 5 heteroatoms. The summed E-state index contributed by atoms with van der Waals surface area (Å²) in [7, 11) is 0. The van der Waals surface area contributed by atoms with Crippen LogP contribution in [-0.4, -0.2) is 9.97 Å². The molecule has 64 valence electrons. The first-order valence-electron chi connectivity index (χ1n) is 3.45. The second-order valence-corrected chi connectivity index (χ2v) is 3.26.